The predicted octanol–water partition coefficient (Wildman–Crippen LogP) is 4.36. The summed E-state index contributed by atoms with van der Waals surface area (Å²) in [5.41, 5.74) is 2.92. The van der Waals surface area contributed by atoms with Gasteiger partial charge in [-0.15, -0.1) is 0 Å². The van der Waals surface area contributed by atoms with Crippen molar-refractivity contribution < 1.29 is 9.47 Å². The molecule has 2 atom stereocenters. The zero-order valence-corrected chi connectivity index (χ0v) is 17.5. The Balaban J connectivity index is 1.97. The molecule has 2 rings (SSSR count). The molecule has 1 aliphatic rings. The first-order valence-electron chi connectivity index (χ1n) is 10.3. The molecule has 1 fully saturated rings. The van der Waals surface area contributed by atoms with E-state index in [-0.39, 0.29) is 5.41 Å². The van der Waals surface area contributed by atoms with Gasteiger partial charge in [0, 0.05) is 44.0 Å². The fourth-order valence-electron chi connectivity index (χ4n) is 3.99. The zero-order chi connectivity index (χ0) is 19.0. The first-order chi connectivity index (χ1) is 12.5. The van der Waals surface area contributed by atoms with E-state index in [2.05, 4.69) is 42.9 Å². The molecule has 1 aromatic heterocycles. The van der Waals surface area contributed by atoms with Crippen molar-refractivity contribution >= 4 is 0 Å². The van der Waals surface area contributed by atoms with E-state index in [4.69, 9.17) is 9.47 Å². The lowest BCUT2D eigenvalue weighted by Gasteiger charge is -2.42. The Morgan fingerprint density at radius 3 is 2.85 bits per heavy atom. The SMILES string of the molecule is CCCCN(C)Cc1cn[nH]c1C1CCC(C)(C)[C@H](OCCCOC)C1. The highest BCUT2D eigenvalue weighted by atomic mass is 16.5. The summed E-state index contributed by atoms with van der Waals surface area (Å²) >= 11 is 0. The number of rotatable bonds is 11. The summed E-state index contributed by atoms with van der Waals surface area (Å²) in [6, 6.07) is 0. The second kappa shape index (κ2) is 10.4. The van der Waals surface area contributed by atoms with Crippen LogP contribution >= 0.6 is 0 Å². The van der Waals surface area contributed by atoms with E-state index in [1.165, 1.54) is 36.9 Å². The normalized spacial score (nSPS) is 22.8. The number of H-pyrrole nitrogens is 1. The van der Waals surface area contributed by atoms with Gasteiger partial charge in [0.05, 0.1) is 12.3 Å². The van der Waals surface area contributed by atoms with Gasteiger partial charge in [-0.3, -0.25) is 5.10 Å². The smallest absolute Gasteiger partial charge is 0.0632 e. The first-order valence-corrected chi connectivity index (χ1v) is 10.3. The Morgan fingerprint density at radius 2 is 2.12 bits per heavy atom. The van der Waals surface area contributed by atoms with Crippen LogP contribution in [0.1, 0.15) is 76.5 Å². The monoisotopic (exact) mass is 365 g/mol. The summed E-state index contributed by atoms with van der Waals surface area (Å²) in [6.45, 7) is 10.6. The number of hydrogen-bond donors (Lipinski definition) is 1. The molecule has 0 amide bonds. The summed E-state index contributed by atoms with van der Waals surface area (Å²) in [7, 11) is 3.95. The van der Waals surface area contributed by atoms with Gasteiger partial charge < -0.3 is 14.4 Å². The number of unbranched alkanes of at least 4 members (excludes halogenated alkanes) is 1. The Labute approximate surface area is 159 Å². The van der Waals surface area contributed by atoms with E-state index in [0.29, 0.717) is 12.0 Å². The van der Waals surface area contributed by atoms with Crippen LogP contribution in [0.25, 0.3) is 0 Å². The third-order valence-corrected chi connectivity index (χ3v) is 5.81. The Kier molecular flexibility index (Phi) is 8.58. The lowest BCUT2D eigenvalue weighted by Crippen LogP contribution is -2.38. The molecule has 0 aliphatic heterocycles. The second-order valence-corrected chi connectivity index (χ2v) is 8.57. The van der Waals surface area contributed by atoms with Crippen molar-refractivity contribution in [3.8, 4) is 0 Å². The molecule has 5 heteroatoms. The first kappa shape index (κ1) is 21.4. The molecule has 150 valence electrons. The summed E-state index contributed by atoms with van der Waals surface area (Å²) < 4.78 is 11.4. The number of methoxy groups -OCH3 is 1. The molecule has 0 bridgehead atoms. The van der Waals surface area contributed by atoms with Crippen LogP contribution in [0.5, 0.6) is 0 Å². The van der Waals surface area contributed by atoms with Gasteiger partial charge in [0.2, 0.25) is 0 Å². The van der Waals surface area contributed by atoms with E-state index in [0.717, 1.165) is 39.1 Å². The minimum absolute atomic E-state index is 0.238. The molecule has 0 saturated heterocycles. The molecule has 1 aromatic rings. The van der Waals surface area contributed by atoms with Gasteiger partial charge in [0.1, 0.15) is 0 Å². The highest BCUT2D eigenvalue weighted by molar-refractivity contribution is 5.22. The van der Waals surface area contributed by atoms with E-state index in [1.807, 2.05) is 6.20 Å². The predicted molar refractivity (Wildman–Crippen MR) is 106 cm³/mol. The minimum atomic E-state index is 0.238. The number of nitrogens with zero attached hydrogens (tertiary/aromatic N) is 2. The van der Waals surface area contributed by atoms with Crippen LogP contribution in [-0.2, 0) is 16.0 Å². The van der Waals surface area contributed by atoms with Crippen LogP contribution in [0, 0.1) is 5.41 Å². The largest absolute Gasteiger partial charge is 0.385 e. The van der Waals surface area contributed by atoms with Crippen molar-refractivity contribution in [2.75, 3.05) is 33.9 Å². The van der Waals surface area contributed by atoms with Gasteiger partial charge >= 0.3 is 0 Å². The highest BCUT2D eigenvalue weighted by Gasteiger charge is 2.38. The van der Waals surface area contributed by atoms with Gasteiger partial charge in [0.15, 0.2) is 0 Å². The van der Waals surface area contributed by atoms with E-state index in [1.54, 1.807) is 7.11 Å². The van der Waals surface area contributed by atoms with Gasteiger partial charge in [-0.2, -0.15) is 5.10 Å². The van der Waals surface area contributed by atoms with Gasteiger partial charge in [-0.1, -0.05) is 27.2 Å². The molecule has 1 heterocycles. The van der Waals surface area contributed by atoms with Crippen LogP contribution in [0.2, 0.25) is 0 Å². The van der Waals surface area contributed by atoms with E-state index in [9.17, 15) is 0 Å². The van der Waals surface area contributed by atoms with Gasteiger partial charge in [-0.25, -0.2) is 0 Å². The zero-order valence-electron chi connectivity index (χ0n) is 17.5. The molecule has 0 radical (unpaired) electrons. The van der Waals surface area contributed by atoms with Crippen LogP contribution in [0.3, 0.4) is 0 Å². The summed E-state index contributed by atoms with van der Waals surface area (Å²) in [5, 5.41) is 7.68. The Bertz CT molecular complexity index is 515. The fraction of sp³-hybridized carbons (Fsp3) is 0.857. The highest BCUT2D eigenvalue weighted by Crippen LogP contribution is 2.44. The van der Waals surface area contributed by atoms with Crippen LogP contribution in [0.15, 0.2) is 6.20 Å². The van der Waals surface area contributed by atoms with E-state index < -0.39 is 0 Å². The molecule has 5 nitrogen and oxygen atoms in total. The average molecular weight is 366 g/mol. The Morgan fingerprint density at radius 1 is 1.31 bits per heavy atom. The number of aromatic nitrogens is 2. The third kappa shape index (κ3) is 6.07. The van der Waals surface area contributed by atoms with E-state index >= 15 is 0 Å². The number of aromatic amines is 1. The number of hydrogen-bond acceptors (Lipinski definition) is 4. The van der Waals surface area contributed by atoms with Crippen molar-refractivity contribution in [1.29, 1.82) is 0 Å². The van der Waals surface area contributed by atoms with Crippen molar-refractivity contribution in [2.45, 2.75) is 77.9 Å². The lowest BCUT2D eigenvalue weighted by molar-refractivity contribution is -0.0603. The van der Waals surface area contributed by atoms with Crippen molar-refractivity contribution in [3.63, 3.8) is 0 Å². The third-order valence-electron chi connectivity index (χ3n) is 5.81. The molecule has 1 N–H and O–H groups in total. The standard InChI is InChI=1S/C21H39N3O2/c1-6-7-11-24(4)16-18-15-22-23-20(18)17-9-10-21(2,3)19(14-17)26-13-8-12-25-5/h15,17,19H,6-14,16H2,1-5H3,(H,22,23)/t17?,19-/m1/s1. The van der Waals surface area contributed by atoms with Crippen LogP contribution < -0.4 is 0 Å². The fourth-order valence-corrected chi connectivity index (χ4v) is 3.99. The van der Waals surface area contributed by atoms with Crippen molar-refractivity contribution in [3.05, 3.63) is 17.5 Å². The maximum Gasteiger partial charge on any atom is 0.0632 e. The molecule has 0 aromatic carbocycles. The molecule has 1 aliphatic carbocycles. The van der Waals surface area contributed by atoms with Gasteiger partial charge in [0.25, 0.3) is 0 Å². The van der Waals surface area contributed by atoms with Gasteiger partial charge in [-0.05, 0) is 51.1 Å². The lowest BCUT2D eigenvalue weighted by atomic mass is 9.69. The van der Waals surface area contributed by atoms with Crippen molar-refractivity contribution in [1.82, 2.24) is 15.1 Å². The second-order valence-electron chi connectivity index (χ2n) is 8.57. The van der Waals surface area contributed by atoms with Crippen LogP contribution in [0.4, 0.5) is 0 Å². The summed E-state index contributed by atoms with van der Waals surface area (Å²) in [6.07, 6.45) is 9.24. The number of nitrogens with one attached hydrogen (secondary N) is 1. The quantitative estimate of drug-likeness (QED) is 0.592. The molecule has 1 unspecified atom stereocenters. The topological polar surface area (TPSA) is 50.4 Å². The number of ether oxygens (including phenoxy) is 2. The molecule has 26 heavy (non-hydrogen) atoms. The average Bonchev–Trinajstić information content (AvgIpc) is 3.06. The molecule has 1 saturated carbocycles. The van der Waals surface area contributed by atoms with Crippen molar-refractivity contribution in [2.24, 2.45) is 5.41 Å². The minimum Gasteiger partial charge on any atom is -0.385 e. The molecule has 0 spiro atoms. The summed E-state index contributed by atoms with van der Waals surface area (Å²) in [4.78, 5) is 2.41. The molecular weight excluding hydrogens is 326 g/mol. The molecular formula is C21H39N3O2. The summed E-state index contributed by atoms with van der Waals surface area (Å²) in [5.74, 6) is 0.521. The maximum absolute atomic E-state index is 6.28. The Hall–Kier alpha value is -0.910. The maximum atomic E-state index is 6.28. The van der Waals surface area contributed by atoms with Crippen LogP contribution in [-0.4, -0.2) is 55.1 Å².